The molecule has 0 atom stereocenters. The predicted octanol–water partition coefficient (Wildman–Crippen LogP) is 3.43. The van der Waals surface area contributed by atoms with Crippen molar-refractivity contribution < 1.29 is 4.79 Å². The summed E-state index contributed by atoms with van der Waals surface area (Å²) >= 11 is 12.2. The summed E-state index contributed by atoms with van der Waals surface area (Å²) in [4.78, 5) is 17.3. The largest absolute Gasteiger partial charge is 0.343 e. The van der Waals surface area contributed by atoms with E-state index < -0.39 is 0 Å². The van der Waals surface area contributed by atoms with Gasteiger partial charge in [0.05, 0.1) is 10.0 Å². The van der Waals surface area contributed by atoms with E-state index in [1.54, 1.807) is 20.3 Å². The summed E-state index contributed by atoms with van der Waals surface area (Å²) in [7, 11) is 3.30. The molecule has 1 rings (SSSR count). The van der Waals surface area contributed by atoms with E-state index in [2.05, 4.69) is 11.9 Å². The molecule has 0 N–H and O–H groups in total. The van der Waals surface area contributed by atoms with Crippen LogP contribution in [-0.4, -0.2) is 29.9 Å². The molecule has 0 saturated heterocycles. The molecule has 1 aromatic heterocycles. The summed E-state index contributed by atoms with van der Waals surface area (Å²) in [6.07, 6.45) is 4.57. The standard InChI is InChI=1S/C12H16Cl2N2O/c1-4-5-6-8-7-15-11(10(14)9(8)13)12(17)16(2)3/h7H,4-6H2,1-3H3. The second-order valence-corrected chi connectivity index (χ2v) is 4.82. The number of aryl methyl sites for hydroxylation is 1. The molecule has 0 radical (unpaired) electrons. The number of pyridine rings is 1. The fourth-order valence-electron chi connectivity index (χ4n) is 1.40. The molecule has 0 bridgehead atoms. The van der Waals surface area contributed by atoms with Gasteiger partial charge in [0.1, 0.15) is 5.69 Å². The molecule has 0 fully saturated rings. The maximum absolute atomic E-state index is 11.8. The maximum Gasteiger partial charge on any atom is 0.273 e. The van der Waals surface area contributed by atoms with Crippen molar-refractivity contribution in [1.82, 2.24) is 9.88 Å². The number of unbranched alkanes of at least 4 members (excludes halogenated alkanes) is 1. The van der Waals surface area contributed by atoms with Gasteiger partial charge in [-0.05, 0) is 18.4 Å². The zero-order valence-electron chi connectivity index (χ0n) is 10.3. The zero-order valence-corrected chi connectivity index (χ0v) is 11.8. The number of rotatable bonds is 4. The SMILES string of the molecule is CCCCc1cnc(C(=O)N(C)C)c(Cl)c1Cl. The summed E-state index contributed by atoms with van der Waals surface area (Å²) in [6, 6.07) is 0. The van der Waals surface area contributed by atoms with Gasteiger partial charge in [0.15, 0.2) is 0 Å². The van der Waals surface area contributed by atoms with Gasteiger partial charge in [-0.1, -0.05) is 36.5 Å². The van der Waals surface area contributed by atoms with Crippen molar-refractivity contribution in [3.05, 3.63) is 27.5 Å². The van der Waals surface area contributed by atoms with Crippen LogP contribution in [0.15, 0.2) is 6.20 Å². The highest BCUT2D eigenvalue weighted by Gasteiger charge is 2.18. The molecule has 0 saturated carbocycles. The lowest BCUT2D eigenvalue weighted by Crippen LogP contribution is -2.23. The highest BCUT2D eigenvalue weighted by atomic mass is 35.5. The van der Waals surface area contributed by atoms with Crippen LogP contribution in [0.1, 0.15) is 35.8 Å². The van der Waals surface area contributed by atoms with Gasteiger partial charge in [-0.2, -0.15) is 0 Å². The van der Waals surface area contributed by atoms with Crippen molar-refractivity contribution in [2.24, 2.45) is 0 Å². The lowest BCUT2D eigenvalue weighted by molar-refractivity contribution is 0.0822. The average molecular weight is 275 g/mol. The number of carbonyl (C=O) groups is 1. The third-order valence-corrected chi connectivity index (χ3v) is 3.34. The number of carbonyl (C=O) groups excluding carboxylic acids is 1. The highest BCUT2D eigenvalue weighted by molar-refractivity contribution is 6.44. The van der Waals surface area contributed by atoms with Gasteiger partial charge in [0.2, 0.25) is 0 Å². The van der Waals surface area contributed by atoms with E-state index >= 15 is 0 Å². The summed E-state index contributed by atoms with van der Waals surface area (Å²) in [5.41, 5.74) is 1.11. The Morgan fingerprint density at radius 3 is 2.53 bits per heavy atom. The number of aromatic nitrogens is 1. The quantitative estimate of drug-likeness (QED) is 0.843. The van der Waals surface area contributed by atoms with Crippen LogP contribution in [0.2, 0.25) is 10.0 Å². The molecule has 0 aliphatic rings. The molecular formula is C12H16Cl2N2O. The van der Waals surface area contributed by atoms with Gasteiger partial charge in [-0.15, -0.1) is 0 Å². The van der Waals surface area contributed by atoms with E-state index in [9.17, 15) is 4.79 Å². The fraction of sp³-hybridized carbons (Fsp3) is 0.500. The molecule has 5 heteroatoms. The fourth-order valence-corrected chi connectivity index (χ4v) is 1.89. The Morgan fingerprint density at radius 2 is 2.00 bits per heavy atom. The van der Waals surface area contributed by atoms with E-state index in [1.165, 1.54) is 4.90 Å². The Morgan fingerprint density at radius 1 is 1.35 bits per heavy atom. The van der Waals surface area contributed by atoms with Crippen LogP contribution < -0.4 is 0 Å². The Hall–Kier alpha value is -0.800. The first-order chi connectivity index (χ1) is 7.99. The van der Waals surface area contributed by atoms with Crippen LogP contribution in [0, 0.1) is 0 Å². The van der Waals surface area contributed by atoms with Crippen molar-refractivity contribution in [3.8, 4) is 0 Å². The van der Waals surface area contributed by atoms with Gasteiger partial charge >= 0.3 is 0 Å². The molecule has 0 unspecified atom stereocenters. The molecule has 1 amide bonds. The van der Waals surface area contributed by atoms with Crippen molar-refractivity contribution in [2.75, 3.05) is 14.1 Å². The third-order valence-electron chi connectivity index (χ3n) is 2.44. The maximum atomic E-state index is 11.8. The molecule has 0 aliphatic carbocycles. The highest BCUT2D eigenvalue weighted by Crippen LogP contribution is 2.29. The zero-order chi connectivity index (χ0) is 13.0. The summed E-state index contributed by atoms with van der Waals surface area (Å²) < 4.78 is 0. The number of halogens is 2. The second-order valence-electron chi connectivity index (χ2n) is 4.06. The van der Waals surface area contributed by atoms with E-state index in [0.717, 1.165) is 24.8 Å². The smallest absolute Gasteiger partial charge is 0.273 e. The molecule has 0 aliphatic heterocycles. The Bertz CT molecular complexity index is 419. The minimum absolute atomic E-state index is 0.210. The second kappa shape index (κ2) is 6.22. The topological polar surface area (TPSA) is 33.2 Å². The third kappa shape index (κ3) is 3.33. The molecule has 0 spiro atoms. The van der Waals surface area contributed by atoms with Crippen molar-refractivity contribution in [1.29, 1.82) is 0 Å². The molecular weight excluding hydrogens is 259 g/mol. The lowest BCUT2D eigenvalue weighted by atomic mass is 10.1. The summed E-state index contributed by atoms with van der Waals surface area (Å²) in [5, 5.41) is 0.694. The monoisotopic (exact) mass is 274 g/mol. The average Bonchev–Trinajstić information content (AvgIpc) is 2.30. The Balaban J connectivity index is 3.06. The molecule has 17 heavy (non-hydrogen) atoms. The summed E-state index contributed by atoms with van der Waals surface area (Å²) in [5.74, 6) is -0.237. The Kier molecular flexibility index (Phi) is 5.22. The number of amides is 1. The van der Waals surface area contributed by atoms with Crippen LogP contribution in [0.4, 0.5) is 0 Å². The van der Waals surface area contributed by atoms with Crippen molar-refractivity contribution >= 4 is 29.1 Å². The summed E-state index contributed by atoms with van der Waals surface area (Å²) in [6.45, 7) is 2.10. The van der Waals surface area contributed by atoms with E-state index in [4.69, 9.17) is 23.2 Å². The molecule has 1 aromatic rings. The minimum atomic E-state index is -0.237. The van der Waals surface area contributed by atoms with E-state index in [1.807, 2.05) is 0 Å². The van der Waals surface area contributed by atoms with Crippen LogP contribution in [0.3, 0.4) is 0 Å². The van der Waals surface area contributed by atoms with Gasteiger partial charge < -0.3 is 4.90 Å². The number of nitrogens with zero attached hydrogens (tertiary/aromatic N) is 2. The number of hydrogen-bond donors (Lipinski definition) is 0. The molecule has 94 valence electrons. The van der Waals surface area contributed by atoms with Crippen molar-refractivity contribution in [2.45, 2.75) is 26.2 Å². The minimum Gasteiger partial charge on any atom is -0.343 e. The van der Waals surface area contributed by atoms with Gasteiger partial charge in [-0.25, -0.2) is 4.98 Å². The van der Waals surface area contributed by atoms with Crippen LogP contribution in [0.25, 0.3) is 0 Å². The van der Waals surface area contributed by atoms with Crippen molar-refractivity contribution in [3.63, 3.8) is 0 Å². The molecule has 1 heterocycles. The van der Waals surface area contributed by atoms with Crippen LogP contribution >= 0.6 is 23.2 Å². The van der Waals surface area contributed by atoms with Gasteiger partial charge in [0, 0.05) is 20.3 Å². The normalized spacial score (nSPS) is 10.4. The van der Waals surface area contributed by atoms with E-state index in [-0.39, 0.29) is 16.6 Å². The lowest BCUT2D eigenvalue weighted by Gasteiger charge is -2.13. The van der Waals surface area contributed by atoms with Gasteiger partial charge in [-0.3, -0.25) is 4.79 Å². The first-order valence-corrected chi connectivity index (χ1v) is 6.29. The molecule has 0 aromatic carbocycles. The number of hydrogen-bond acceptors (Lipinski definition) is 2. The predicted molar refractivity (Wildman–Crippen MR) is 70.9 cm³/mol. The first-order valence-electron chi connectivity index (χ1n) is 5.53. The first kappa shape index (κ1) is 14.3. The van der Waals surface area contributed by atoms with Crippen LogP contribution in [-0.2, 0) is 6.42 Å². The van der Waals surface area contributed by atoms with Crippen LogP contribution in [0.5, 0.6) is 0 Å². The van der Waals surface area contributed by atoms with E-state index in [0.29, 0.717) is 5.02 Å². The Labute approximate surface area is 112 Å². The molecule has 3 nitrogen and oxygen atoms in total. The van der Waals surface area contributed by atoms with Gasteiger partial charge in [0.25, 0.3) is 5.91 Å².